The molecule has 0 saturated heterocycles. The highest BCUT2D eigenvalue weighted by molar-refractivity contribution is 7.18. The van der Waals surface area contributed by atoms with Crippen molar-refractivity contribution in [2.45, 2.75) is 25.7 Å². The fourth-order valence-electron chi connectivity index (χ4n) is 3.34. The van der Waals surface area contributed by atoms with Crippen LogP contribution in [0.4, 0.5) is 11.4 Å². The molecule has 0 radical (unpaired) electrons. The summed E-state index contributed by atoms with van der Waals surface area (Å²) in [7, 11) is 3.96. The minimum Gasteiger partial charge on any atom is -0.467 e. The van der Waals surface area contributed by atoms with Gasteiger partial charge in [-0.2, -0.15) is 0 Å². The van der Waals surface area contributed by atoms with E-state index < -0.39 is 0 Å². The molecule has 1 aromatic carbocycles. The van der Waals surface area contributed by atoms with Crippen molar-refractivity contribution in [2.75, 3.05) is 30.9 Å². The maximum atomic E-state index is 12.3. The van der Waals surface area contributed by atoms with Crippen LogP contribution < -0.4 is 15.0 Å². The molecule has 6 nitrogen and oxygen atoms in total. The molecule has 0 fully saturated rings. The molecule has 1 aliphatic carbocycles. The largest absolute Gasteiger partial charge is 0.467 e. The zero-order chi connectivity index (χ0) is 18.8. The SMILES string of the molecule is CN(C)c1ccc(NC(=O)COc2ncnc3sc4c(c23)CCCC4)cc1. The number of nitrogens with one attached hydrogen (secondary N) is 1. The summed E-state index contributed by atoms with van der Waals surface area (Å²) < 4.78 is 5.77. The van der Waals surface area contributed by atoms with Crippen molar-refractivity contribution < 1.29 is 9.53 Å². The molecule has 4 rings (SSSR count). The van der Waals surface area contributed by atoms with Crippen LogP contribution in [0.5, 0.6) is 5.88 Å². The van der Waals surface area contributed by atoms with Gasteiger partial charge in [0.05, 0.1) is 5.39 Å². The first kappa shape index (κ1) is 17.7. The van der Waals surface area contributed by atoms with E-state index in [9.17, 15) is 4.79 Å². The van der Waals surface area contributed by atoms with E-state index in [0.29, 0.717) is 5.88 Å². The first-order valence-electron chi connectivity index (χ1n) is 9.07. The fraction of sp³-hybridized carbons (Fsp3) is 0.350. The summed E-state index contributed by atoms with van der Waals surface area (Å²) in [5.74, 6) is 0.306. The number of anilines is 2. The predicted octanol–water partition coefficient (Wildman–Crippen LogP) is 3.65. The number of carbonyl (C=O) groups is 1. The maximum absolute atomic E-state index is 12.3. The number of benzene rings is 1. The van der Waals surface area contributed by atoms with Gasteiger partial charge in [0.1, 0.15) is 11.2 Å². The number of fused-ring (bicyclic) bond motifs is 3. The number of nitrogens with zero attached hydrogens (tertiary/aromatic N) is 3. The second kappa shape index (κ2) is 7.52. The first-order valence-corrected chi connectivity index (χ1v) is 9.89. The van der Waals surface area contributed by atoms with Crippen LogP contribution in [0.25, 0.3) is 10.2 Å². The van der Waals surface area contributed by atoms with Gasteiger partial charge in [-0.15, -0.1) is 11.3 Å². The van der Waals surface area contributed by atoms with Crippen molar-refractivity contribution in [1.82, 2.24) is 9.97 Å². The molecule has 2 aromatic heterocycles. The lowest BCUT2D eigenvalue weighted by atomic mass is 9.97. The molecule has 1 amide bonds. The van der Waals surface area contributed by atoms with Crippen molar-refractivity contribution in [3.05, 3.63) is 41.0 Å². The van der Waals surface area contributed by atoms with Gasteiger partial charge in [0.2, 0.25) is 5.88 Å². The van der Waals surface area contributed by atoms with E-state index in [2.05, 4.69) is 15.3 Å². The monoisotopic (exact) mass is 382 g/mol. The minimum absolute atomic E-state index is 0.0772. The van der Waals surface area contributed by atoms with Crippen molar-refractivity contribution >= 4 is 38.8 Å². The van der Waals surface area contributed by atoms with E-state index in [-0.39, 0.29) is 12.5 Å². The molecular formula is C20H22N4O2S. The maximum Gasteiger partial charge on any atom is 0.262 e. The Bertz CT molecular complexity index is 966. The normalized spacial score (nSPS) is 13.3. The van der Waals surface area contributed by atoms with Gasteiger partial charge < -0.3 is 15.0 Å². The zero-order valence-corrected chi connectivity index (χ0v) is 16.3. The highest BCUT2D eigenvalue weighted by atomic mass is 32.1. The van der Waals surface area contributed by atoms with Crippen LogP contribution in [0.15, 0.2) is 30.6 Å². The third-order valence-corrected chi connectivity index (χ3v) is 5.92. The van der Waals surface area contributed by atoms with Crippen molar-refractivity contribution in [1.29, 1.82) is 0 Å². The van der Waals surface area contributed by atoms with Gasteiger partial charge in [-0.25, -0.2) is 9.97 Å². The first-order chi connectivity index (χ1) is 13.1. The summed E-state index contributed by atoms with van der Waals surface area (Å²) in [4.78, 5) is 25.3. The van der Waals surface area contributed by atoms with E-state index in [1.807, 2.05) is 43.3 Å². The molecule has 140 valence electrons. The highest BCUT2D eigenvalue weighted by Gasteiger charge is 2.21. The van der Waals surface area contributed by atoms with Crippen LogP contribution in [-0.2, 0) is 17.6 Å². The van der Waals surface area contributed by atoms with E-state index >= 15 is 0 Å². The summed E-state index contributed by atoms with van der Waals surface area (Å²) in [5, 5.41) is 3.85. The van der Waals surface area contributed by atoms with Crippen molar-refractivity contribution in [3.63, 3.8) is 0 Å². The molecule has 7 heteroatoms. The third kappa shape index (κ3) is 3.73. The van der Waals surface area contributed by atoms with Crippen molar-refractivity contribution in [3.8, 4) is 5.88 Å². The van der Waals surface area contributed by atoms with Crippen LogP contribution in [0.3, 0.4) is 0 Å². The van der Waals surface area contributed by atoms with Crippen LogP contribution in [0.1, 0.15) is 23.3 Å². The van der Waals surface area contributed by atoms with E-state index in [0.717, 1.165) is 34.4 Å². The molecule has 0 atom stereocenters. The quantitative estimate of drug-likeness (QED) is 0.729. The smallest absolute Gasteiger partial charge is 0.262 e. The lowest BCUT2D eigenvalue weighted by Gasteiger charge is -2.13. The Balaban J connectivity index is 1.45. The van der Waals surface area contributed by atoms with Crippen LogP contribution in [0, 0.1) is 0 Å². The van der Waals surface area contributed by atoms with Gasteiger partial charge >= 0.3 is 0 Å². The van der Waals surface area contributed by atoms with Gasteiger partial charge in [0.15, 0.2) is 6.61 Å². The molecule has 0 bridgehead atoms. The van der Waals surface area contributed by atoms with Crippen LogP contribution in [-0.4, -0.2) is 36.6 Å². The topological polar surface area (TPSA) is 67.4 Å². The Kier molecular flexibility index (Phi) is 4.94. The summed E-state index contributed by atoms with van der Waals surface area (Å²) in [5.41, 5.74) is 3.13. The summed E-state index contributed by atoms with van der Waals surface area (Å²) in [6.45, 7) is -0.0772. The molecule has 1 N–H and O–H groups in total. The lowest BCUT2D eigenvalue weighted by Crippen LogP contribution is -2.20. The second-order valence-corrected chi connectivity index (χ2v) is 7.93. The van der Waals surface area contributed by atoms with Gasteiger partial charge in [0, 0.05) is 30.3 Å². The number of carbonyl (C=O) groups excluding carboxylic acids is 1. The average Bonchev–Trinajstić information content (AvgIpc) is 3.06. The molecule has 3 aromatic rings. The number of hydrogen-bond donors (Lipinski definition) is 1. The molecular weight excluding hydrogens is 360 g/mol. The molecule has 0 unspecified atom stereocenters. The Labute approximate surface area is 162 Å². The Morgan fingerprint density at radius 3 is 2.74 bits per heavy atom. The predicted molar refractivity (Wildman–Crippen MR) is 109 cm³/mol. The van der Waals surface area contributed by atoms with Crippen molar-refractivity contribution in [2.24, 2.45) is 0 Å². The van der Waals surface area contributed by atoms with Gasteiger partial charge in [-0.3, -0.25) is 4.79 Å². The standard InChI is InChI=1S/C20H22N4O2S/c1-24(2)14-9-7-13(8-10-14)23-17(25)11-26-19-18-15-5-3-4-6-16(15)27-20(18)22-12-21-19/h7-10,12H,3-6,11H2,1-2H3,(H,23,25). The van der Waals surface area contributed by atoms with E-state index in [4.69, 9.17) is 4.74 Å². The lowest BCUT2D eigenvalue weighted by molar-refractivity contribution is -0.118. The number of rotatable bonds is 5. The van der Waals surface area contributed by atoms with Gasteiger partial charge in [-0.05, 0) is 55.5 Å². The highest BCUT2D eigenvalue weighted by Crippen LogP contribution is 2.38. The Hall–Kier alpha value is -2.67. The Morgan fingerprint density at radius 2 is 1.96 bits per heavy atom. The molecule has 2 heterocycles. The van der Waals surface area contributed by atoms with Crippen LogP contribution >= 0.6 is 11.3 Å². The number of amides is 1. The molecule has 1 aliphatic rings. The summed E-state index contributed by atoms with van der Waals surface area (Å²) in [6, 6.07) is 7.68. The third-order valence-electron chi connectivity index (χ3n) is 4.72. The minimum atomic E-state index is -0.205. The Morgan fingerprint density at radius 1 is 1.19 bits per heavy atom. The van der Waals surface area contributed by atoms with Crippen LogP contribution in [0.2, 0.25) is 0 Å². The number of hydrogen-bond acceptors (Lipinski definition) is 6. The molecule has 0 spiro atoms. The fourth-order valence-corrected chi connectivity index (χ4v) is 4.56. The van der Waals surface area contributed by atoms with E-state index in [1.165, 1.54) is 29.6 Å². The summed E-state index contributed by atoms with van der Waals surface area (Å²) in [6.07, 6.45) is 6.04. The van der Waals surface area contributed by atoms with Gasteiger partial charge in [-0.1, -0.05) is 0 Å². The average molecular weight is 382 g/mol. The molecule has 0 aliphatic heterocycles. The second-order valence-electron chi connectivity index (χ2n) is 6.85. The number of aromatic nitrogens is 2. The molecule has 0 saturated carbocycles. The van der Waals surface area contributed by atoms with Gasteiger partial charge in [0.25, 0.3) is 5.91 Å². The zero-order valence-electron chi connectivity index (χ0n) is 15.5. The summed E-state index contributed by atoms with van der Waals surface area (Å²) >= 11 is 1.72. The molecule has 27 heavy (non-hydrogen) atoms. The number of thiophene rings is 1. The van der Waals surface area contributed by atoms with E-state index in [1.54, 1.807) is 11.3 Å². The number of aryl methyl sites for hydroxylation is 2. The number of ether oxygens (including phenoxy) is 1.